The second-order valence-corrected chi connectivity index (χ2v) is 5.06. The lowest BCUT2D eigenvalue weighted by Gasteiger charge is -2.34. The summed E-state index contributed by atoms with van der Waals surface area (Å²) in [7, 11) is 0. The van der Waals surface area contributed by atoms with Crippen molar-refractivity contribution in [1.29, 1.82) is 0 Å². The minimum atomic E-state index is -0.265. The van der Waals surface area contributed by atoms with Crippen LogP contribution in [0.15, 0.2) is 24.3 Å². The van der Waals surface area contributed by atoms with Gasteiger partial charge >= 0.3 is 5.97 Å². The molecule has 90 valence electrons. The smallest absolute Gasteiger partial charge is 0.333 e. The SMILES string of the molecule is C=C(C)C(=O)OC1CC(C(=C)C)CCC1C. The lowest BCUT2D eigenvalue weighted by molar-refractivity contribution is -0.149. The Balaban J connectivity index is 2.59. The van der Waals surface area contributed by atoms with Crippen LogP contribution in [-0.2, 0) is 9.53 Å². The minimum absolute atomic E-state index is 0.0275. The highest BCUT2D eigenvalue weighted by Gasteiger charge is 2.30. The second-order valence-electron chi connectivity index (χ2n) is 5.06. The Kier molecular flexibility index (Phi) is 4.34. The van der Waals surface area contributed by atoms with E-state index in [1.54, 1.807) is 6.92 Å². The van der Waals surface area contributed by atoms with Crippen molar-refractivity contribution in [3.63, 3.8) is 0 Å². The predicted octanol–water partition coefficient (Wildman–Crippen LogP) is 3.49. The van der Waals surface area contributed by atoms with Crippen LogP contribution in [0.2, 0.25) is 0 Å². The van der Waals surface area contributed by atoms with Crippen LogP contribution < -0.4 is 0 Å². The number of allylic oxidation sites excluding steroid dienone is 1. The summed E-state index contributed by atoms with van der Waals surface area (Å²) < 4.78 is 5.47. The van der Waals surface area contributed by atoms with Crippen molar-refractivity contribution in [1.82, 2.24) is 0 Å². The van der Waals surface area contributed by atoms with Gasteiger partial charge in [-0.2, -0.15) is 0 Å². The van der Waals surface area contributed by atoms with E-state index in [1.807, 2.05) is 0 Å². The highest BCUT2D eigenvalue weighted by molar-refractivity contribution is 5.87. The molecule has 0 aliphatic heterocycles. The first-order chi connectivity index (χ1) is 7.41. The average Bonchev–Trinajstić information content (AvgIpc) is 2.20. The van der Waals surface area contributed by atoms with E-state index in [2.05, 4.69) is 27.0 Å². The zero-order valence-corrected chi connectivity index (χ0v) is 10.6. The molecule has 16 heavy (non-hydrogen) atoms. The first kappa shape index (κ1) is 13.0. The van der Waals surface area contributed by atoms with Gasteiger partial charge in [-0.3, -0.25) is 0 Å². The fraction of sp³-hybridized carbons (Fsp3) is 0.643. The van der Waals surface area contributed by atoms with Crippen LogP contribution in [0.1, 0.15) is 40.0 Å². The van der Waals surface area contributed by atoms with Crippen LogP contribution in [0.5, 0.6) is 0 Å². The summed E-state index contributed by atoms with van der Waals surface area (Å²) in [6.45, 7) is 13.5. The molecule has 0 heterocycles. The third-order valence-electron chi connectivity index (χ3n) is 3.43. The van der Waals surface area contributed by atoms with Gasteiger partial charge < -0.3 is 4.74 Å². The molecule has 0 aromatic rings. The number of ether oxygens (including phenoxy) is 1. The summed E-state index contributed by atoms with van der Waals surface area (Å²) in [5, 5.41) is 0. The van der Waals surface area contributed by atoms with E-state index in [0.717, 1.165) is 19.3 Å². The van der Waals surface area contributed by atoms with Gasteiger partial charge in [0.05, 0.1) is 0 Å². The molecule has 2 heteroatoms. The molecule has 0 radical (unpaired) electrons. The van der Waals surface area contributed by atoms with Gasteiger partial charge in [-0.1, -0.05) is 25.7 Å². The first-order valence-electron chi connectivity index (χ1n) is 5.93. The third-order valence-corrected chi connectivity index (χ3v) is 3.43. The van der Waals surface area contributed by atoms with Crippen LogP contribution >= 0.6 is 0 Å². The molecule has 1 saturated carbocycles. The van der Waals surface area contributed by atoms with Crippen molar-refractivity contribution in [2.45, 2.75) is 46.1 Å². The lowest BCUT2D eigenvalue weighted by atomic mass is 9.78. The first-order valence-corrected chi connectivity index (χ1v) is 5.93. The van der Waals surface area contributed by atoms with Crippen molar-refractivity contribution < 1.29 is 9.53 Å². The number of carbonyl (C=O) groups is 1. The fourth-order valence-electron chi connectivity index (χ4n) is 2.13. The molecule has 3 atom stereocenters. The maximum absolute atomic E-state index is 11.5. The van der Waals surface area contributed by atoms with Crippen molar-refractivity contribution in [3.8, 4) is 0 Å². The summed E-state index contributed by atoms with van der Waals surface area (Å²) in [5.41, 5.74) is 1.67. The molecule has 3 unspecified atom stereocenters. The zero-order valence-electron chi connectivity index (χ0n) is 10.6. The quantitative estimate of drug-likeness (QED) is 0.415. The summed E-state index contributed by atoms with van der Waals surface area (Å²) in [4.78, 5) is 11.5. The predicted molar refractivity (Wildman–Crippen MR) is 66.0 cm³/mol. The molecule has 0 aromatic carbocycles. The van der Waals surface area contributed by atoms with Gasteiger partial charge in [-0.25, -0.2) is 4.79 Å². The largest absolute Gasteiger partial charge is 0.459 e. The van der Waals surface area contributed by atoms with Crippen molar-refractivity contribution >= 4 is 5.97 Å². The summed E-state index contributed by atoms with van der Waals surface area (Å²) in [5.74, 6) is 0.678. The summed E-state index contributed by atoms with van der Waals surface area (Å²) >= 11 is 0. The Morgan fingerprint density at radius 3 is 2.38 bits per heavy atom. The molecular weight excluding hydrogens is 200 g/mol. The number of esters is 1. The van der Waals surface area contributed by atoms with Crippen molar-refractivity contribution in [3.05, 3.63) is 24.3 Å². The molecule has 0 N–H and O–H groups in total. The number of carbonyl (C=O) groups excluding carboxylic acids is 1. The lowest BCUT2D eigenvalue weighted by Crippen LogP contribution is -2.32. The van der Waals surface area contributed by atoms with Crippen LogP contribution in [0.4, 0.5) is 0 Å². The van der Waals surface area contributed by atoms with E-state index in [0.29, 0.717) is 17.4 Å². The summed E-state index contributed by atoms with van der Waals surface area (Å²) in [6, 6.07) is 0. The number of hydrogen-bond acceptors (Lipinski definition) is 2. The van der Waals surface area contributed by atoms with Gasteiger partial charge in [0.25, 0.3) is 0 Å². The molecule has 1 aliphatic rings. The fourth-order valence-corrected chi connectivity index (χ4v) is 2.13. The van der Waals surface area contributed by atoms with Gasteiger partial charge in [0.2, 0.25) is 0 Å². The second kappa shape index (κ2) is 5.33. The molecule has 0 saturated heterocycles. The molecule has 1 rings (SSSR count). The maximum atomic E-state index is 11.5. The van der Waals surface area contributed by atoms with Gasteiger partial charge in [0, 0.05) is 5.57 Å². The van der Waals surface area contributed by atoms with Gasteiger partial charge in [-0.15, -0.1) is 0 Å². The molecule has 0 spiro atoms. The number of rotatable bonds is 3. The van der Waals surface area contributed by atoms with Crippen LogP contribution in [-0.4, -0.2) is 12.1 Å². The Labute approximate surface area is 98.4 Å². The molecule has 2 nitrogen and oxygen atoms in total. The van der Waals surface area contributed by atoms with E-state index in [1.165, 1.54) is 5.57 Å². The molecule has 0 bridgehead atoms. The van der Waals surface area contributed by atoms with Crippen molar-refractivity contribution in [2.24, 2.45) is 11.8 Å². The number of hydrogen-bond donors (Lipinski definition) is 0. The molecular formula is C14H22O2. The van der Waals surface area contributed by atoms with E-state index >= 15 is 0 Å². The molecule has 1 aliphatic carbocycles. The Bertz CT molecular complexity index is 304. The average molecular weight is 222 g/mol. The highest BCUT2D eigenvalue weighted by atomic mass is 16.5. The van der Waals surface area contributed by atoms with Crippen LogP contribution in [0, 0.1) is 11.8 Å². The summed E-state index contributed by atoms with van der Waals surface area (Å²) in [6.07, 6.45) is 3.21. The van der Waals surface area contributed by atoms with Gasteiger partial charge in [0.15, 0.2) is 0 Å². The van der Waals surface area contributed by atoms with E-state index in [9.17, 15) is 4.79 Å². The van der Waals surface area contributed by atoms with Crippen molar-refractivity contribution in [2.75, 3.05) is 0 Å². The Morgan fingerprint density at radius 1 is 1.25 bits per heavy atom. The molecule has 1 fully saturated rings. The third kappa shape index (κ3) is 3.22. The highest BCUT2D eigenvalue weighted by Crippen LogP contribution is 2.34. The standard InChI is InChI=1S/C14H22O2/c1-9(2)12-7-6-11(5)13(8-12)16-14(15)10(3)4/h11-13H,1,3,6-8H2,2,4-5H3. The van der Waals surface area contributed by atoms with Crippen LogP contribution in [0.25, 0.3) is 0 Å². The zero-order chi connectivity index (χ0) is 12.3. The maximum Gasteiger partial charge on any atom is 0.333 e. The Hall–Kier alpha value is -1.05. The van der Waals surface area contributed by atoms with E-state index < -0.39 is 0 Å². The topological polar surface area (TPSA) is 26.3 Å². The van der Waals surface area contributed by atoms with Gasteiger partial charge in [-0.05, 0) is 44.9 Å². The van der Waals surface area contributed by atoms with E-state index in [4.69, 9.17) is 4.74 Å². The molecule has 0 aromatic heterocycles. The van der Waals surface area contributed by atoms with Crippen LogP contribution in [0.3, 0.4) is 0 Å². The minimum Gasteiger partial charge on any atom is -0.459 e. The van der Waals surface area contributed by atoms with E-state index in [-0.39, 0.29) is 12.1 Å². The molecule has 0 amide bonds. The van der Waals surface area contributed by atoms with Gasteiger partial charge in [0.1, 0.15) is 6.10 Å². The monoisotopic (exact) mass is 222 g/mol. The Morgan fingerprint density at radius 2 is 1.88 bits per heavy atom. The normalized spacial score (nSPS) is 29.6.